The summed E-state index contributed by atoms with van der Waals surface area (Å²) in [6.07, 6.45) is 2.65. The molecule has 0 bridgehead atoms. The van der Waals surface area contributed by atoms with Gasteiger partial charge in [0.15, 0.2) is 12.3 Å². The number of carbonyl (C=O) groups is 2. The number of amides is 2. The van der Waals surface area contributed by atoms with Gasteiger partial charge in [-0.05, 0) is 18.6 Å². The monoisotopic (exact) mass is 370 g/mol. The van der Waals surface area contributed by atoms with Gasteiger partial charge in [0.25, 0.3) is 17.4 Å². The van der Waals surface area contributed by atoms with Crippen molar-refractivity contribution in [1.82, 2.24) is 30.2 Å². The zero-order chi connectivity index (χ0) is 19.4. The number of hydrazine groups is 1. The third kappa shape index (κ3) is 4.11. The van der Waals surface area contributed by atoms with Gasteiger partial charge >= 0.3 is 0 Å². The lowest BCUT2D eigenvalue weighted by molar-refractivity contribution is -0.130. The van der Waals surface area contributed by atoms with Gasteiger partial charge in [0.2, 0.25) is 0 Å². The summed E-state index contributed by atoms with van der Waals surface area (Å²) >= 11 is 0. The molecule has 27 heavy (non-hydrogen) atoms. The first-order chi connectivity index (χ1) is 13.0. The lowest BCUT2D eigenvalue weighted by Crippen LogP contribution is -2.46. The molecule has 0 aliphatic carbocycles. The largest absolute Gasteiger partial charge is 0.483 e. The standard InChI is InChI=1S/C17H18N6O4/c1-11-5-3-4-6-13(11)27-9-15(25)21-20-14(24)8-23-10-18-16-12(17(23)26)7-19-22(16)2/h3-7,10H,8-9H2,1-2H3,(H,20,24)(H,21,25). The predicted octanol–water partition coefficient (Wildman–Crippen LogP) is -0.335. The van der Waals surface area contributed by atoms with E-state index in [-0.39, 0.29) is 13.2 Å². The molecule has 10 nitrogen and oxygen atoms in total. The summed E-state index contributed by atoms with van der Waals surface area (Å²) in [6, 6.07) is 7.27. The van der Waals surface area contributed by atoms with Gasteiger partial charge in [-0.1, -0.05) is 18.2 Å². The van der Waals surface area contributed by atoms with Gasteiger partial charge in [-0.25, -0.2) is 4.98 Å². The summed E-state index contributed by atoms with van der Waals surface area (Å²) in [7, 11) is 1.67. The predicted molar refractivity (Wildman–Crippen MR) is 95.7 cm³/mol. The van der Waals surface area contributed by atoms with Crippen LogP contribution in [-0.4, -0.2) is 37.8 Å². The minimum atomic E-state index is -0.577. The third-order valence-electron chi connectivity index (χ3n) is 3.83. The van der Waals surface area contributed by atoms with Crippen LogP contribution in [0.1, 0.15) is 5.56 Å². The molecular weight excluding hydrogens is 352 g/mol. The molecule has 1 aromatic carbocycles. The van der Waals surface area contributed by atoms with E-state index >= 15 is 0 Å². The van der Waals surface area contributed by atoms with Crippen LogP contribution in [0.5, 0.6) is 5.75 Å². The number of benzene rings is 1. The number of aryl methyl sites for hydroxylation is 2. The molecule has 0 saturated heterocycles. The van der Waals surface area contributed by atoms with Gasteiger partial charge in [0, 0.05) is 7.05 Å². The topological polar surface area (TPSA) is 120 Å². The quantitative estimate of drug-likeness (QED) is 0.593. The van der Waals surface area contributed by atoms with Crippen LogP contribution in [0.2, 0.25) is 0 Å². The molecule has 0 atom stereocenters. The van der Waals surface area contributed by atoms with Crippen molar-refractivity contribution in [1.29, 1.82) is 0 Å². The van der Waals surface area contributed by atoms with Crippen molar-refractivity contribution in [3.8, 4) is 5.75 Å². The maximum atomic E-state index is 12.3. The van der Waals surface area contributed by atoms with Gasteiger partial charge in [-0.15, -0.1) is 0 Å². The van der Waals surface area contributed by atoms with Gasteiger partial charge in [0.05, 0.1) is 6.20 Å². The number of hydrogen-bond donors (Lipinski definition) is 2. The molecule has 140 valence electrons. The maximum absolute atomic E-state index is 12.3. The average Bonchev–Trinajstić information content (AvgIpc) is 3.03. The Hall–Kier alpha value is -3.69. The van der Waals surface area contributed by atoms with E-state index in [1.165, 1.54) is 17.2 Å². The fourth-order valence-electron chi connectivity index (χ4n) is 2.41. The van der Waals surface area contributed by atoms with Crippen LogP contribution in [0.15, 0.2) is 41.6 Å². The molecule has 2 heterocycles. The summed E-state index contributed by atoms with van der Waals surface area (Å²) in [6.45, 7) is 1.31. The first kappa shape index (κ1) is 18.1. The number of para-hydroxylation sites is 1. The van der Waals surface area contributed by atoms with E-state index in [0.717, 1.165) is 10.1 Å². The van der Waals surface area contributed by atoms with Gasteiger partial charge < -0.3 is 4.74 Å². The Bertz CT molecular complexity index is 1060. The molecule has 0 aliphatic rings. The molecule has 2 aromatic heterocycles. The van der Waals surface area contributed by atoms with Gasteiger partial charge in [0.1, 0.15) is 24.0 Å². The fraction of sp³-hybridized carbons (Fsp3) is 0.235. The van der Waals surface area contributed by atoms with E-state index in [1.807, 2.05) is 19.1 Å². The number of nitrogens with zero attached hydrogens (tertiary/aromatic N) is 4. The lowest BCUT2D eigenvalue weighted by Gasteiger charge is -2.10. The van der Waals surface area contributed by atoms with Crippen molar-refractivity contribution in [3.63, 3.8) is 0 Å². The van der Waals surface area contributed by atoms with Crippen LogP contribution in [-0.2, 0) is 23.2 Å². The minimum Gasteiger partial charge on any atom is -0.483 e. The summed E-state index contributed by atoms with van der Waals surface area (Å²) in [5.74, 6) is -0.521. The van der Waals surface area contributed by atoms with Crippen molar-refractivity contribution < 1.29 is 14.3 Å². The van der Waals surface area contributed by atoms with E-state index in [1.54, 1.807) is 19.2 Å². The molecular formula is C17H18N6O4. The normalized spacial score (nSPS) is 10.6. The molecule has 0 saturated carbocycles. The van der Waals surface area contributed by atoms with Crippen LogP contribution in [0.4, 0.5) is 0 Å². The first-order valence-electron chi connectivity index (χ1n) is 8.09. The van der Waals surface area contributed by atoms with E-state index < -0.39 is 17.4 Å². The second-order valence-corrected chi connectivity index (χ2v) is 5.83. The molecule has 2 amide bonds. The summed E-state index contributed by atoms with van der Waals surface area (Å²) in [4.78, 5) is 40.1. The van der Waals surface area contributed by atoms with Crippen molar-refractivity contribution in [2.75, 3.05) is 6.61 Å². The molecule has 0 spiro atoms. The van der Waals surface area contributed by atoms with Crippen LogP contribution in [0, 0.1) is 6.92 Å². The fourth-order valence-corrected chi connectivity index (χ4v) is 2.41. The lowest BCUT2D eigenvalue weighted by atomic mass is 10.2. The molecule has 2 N–H and O–H groups in total. The third-order valence-corrected chi connectivity index (χ3v) is 3.83. The van der Waals surface area contributed by atoms with E-state index in [4.69, 9.17) is 4.74 Å². The molecule has 0 unspecified atom stereocenters. The van der Waals surface area contributed by atoms with Crippen LogP contribution >= 0.6 is 0 Å². The number of aromatic nitrogens is 4. The van der Waals surface area contributed by atoms with Crippen LogP contribution in [0.25, 0.3) is 11.0 Å². The minimum absolute atomic E-state index is 0.256. The summed E-state index contributed by atoms with van der Waals surface area (Å²) < 4.78 is 7.98. The molecule has 0 fully saturated rings. The Morgan fingerprint density at radius 1 is 1.19 bits per heavy atom. The Morgan fingerprint density at radius 2 is 1.93 bits per heavy atom. The number of rotatable bonds is 5. The number of nitrogens with one attached hydrogen (secondary N) is 2. The maximum Gasteiger partial charge on any atom is 0.276 e. The molecule has 3 aromatic rings. The van der Waals surface area contributed by atoms with Crippen molar-refractivity contribution in [2.45, 2.75) is 13.5 Å². The van der Waals surface area contributed by atoms with Gasteiger partial charge in [-0.2, -0.15) is 5.10 Å². The molecule has 10 heteroatoms. The smallest absolute Gasteiger partial charge is 0.276 e. The van der Waals surface area contributed by atoms with E-state index in [9.17, 15) is 14.4 Å². The summed E-state index contributed by atoms with van der Waals surface area (Å²) in [5, 5.41) is 4.27. The number of fused-ring (bicyclic) bond motifs is 1. The number of ether oxygens (including phenoxy) is 1. The van der Waals surface area contributed by atoms with Crippen LogP contribution < -0.4 is 21.1 Å². The van der Waals surface area contributed by atoms with Crippen molar-refractivity contribution in [3.05, 3.63) is 52.7 Å². The number of carbonyl (C=O) groups excluding carboxylic acids is 2. The highest BCUT2D eigenvalue weighted by Crippen LogP contribution is 2.15. The Balaban J connectivity index is 1.52. The van der Waals surface area contributed by atoms with Crippen molar-refractivity contribution >= 4 is 22.8 Å². The second-order valence-electron chi connectivity index (χ2n) is 5.83. The SMILES string of the molecule is Cc1ccccc1OCC(=O)NNC(=O)Cn1cnc2c(cnn2C)c1=O. The first-order valence-corrected chi connectivity index (χ1v) is 8.09. The highest BCUT2D eigenvalue weighted by molar-refractivity contribution is 5.83. The molecule has 0 radical (unpaired) electrons. The molecule has 3 rings (SSSR count). The average molecular weight is 370 g/mol. The molecule has 0 aliphatic heterocycles. The number of hydrogen-bond acceptors (Lipinski definition) is 6. The summed E-state index contributed by atoms with van der Waals surface area (Å²) in [5.41, 5.74) is 5.41. The zero-order valence-corrected chi connectivity index (χ0v) is 14.8. The highest BCUT2D eigenvalue weighted by atomic mass is 16.5. The Labute approximate surface area is 153 Å². The highest BCUT2D eigenvalue weighted by Gasteiger charge is 2.11. The van der Waals surface area contributed by atoms with Crippen molar-refractivity contribution in [2.24, 2.45) is 7.05 Å². The zero-order valence-electron chi connectivity index (χ0n) is 14.8. The Morgan fingerprint density at radius 3 is 2.70 bits per heavy atom. The van der Waals surface area contributed by atoms with E-state index in [2.05, 4.69) is 20.9 Å². The van der Waals surface area contributed by atoms with Gasteiger partial charge in [-0.3, -0.25) is 34.5 Å². The second kappa shape index (κ2) is 7.68. The van der Waals surface area contributed by atoms with Crippen LogP contribution in [0.3, 0.4) is 0 Å². The Kier molecular flexibility index (Phi) is 5.15. The van der Waals surface area contributed by atoms with E-state index in [0.29, 0.717) is 16.8 Å².